The molecule has 0 aliphatic heterocycles. The molecular weight excluding hydrogens is 346 g/mol. The number of hydrogen-bond acceptors (Lipinski definition) is 4. The van der Waals surface area contributed by atoms with E-state index in [9.17, 15) is 4.39 Å². The summed E-state index contributed by atoms with van der Waals surface area (Å²) < 4.78 is 18.5. The average Bonchev–Trinajstić information content (AvgIpc) is 2.94. The molecule has 22 heavy (non-hydrogen) atoms. The molecule has 2 aromatic heterocycles. The van der Waals surface area contributed by atoms with Crippen molar-refractivity contribution in [3.8, 4) is 11.3 Å². The van der Waals surface area contributed by atoms with Crippen LogP contribution >= 0.6 is 35.0 Å². The van der Waals surface area contributed by atoms with Gasteiger partial charge < -0.3 is 4.42 Å². The first-order chi connectivity index (χ1) is 10.6. The van der Waals surface area contributed by atoms with E-state index in [1.54, 1.807) is 30.5 Å². The Balaban J connectivity index is 1.70. The number of aromatic nitrogens is 2. The second-order valence-corrected chi connectivity index (χ2v) is 6.11. The summed E-state index contributed by atoms with van der Waals surface area (Å²) in [6.07, 6.45) is 1.61. The minimum absolute atomic E-state index is 0.288. The SMILES string of the molecule is Fc1ccc(-c2cnc(SCc3cc(Cl)nc(Cl)c3)o2)cc1. The zero-order valence-electron chi connectivity index (χ0n) is 11.1. The van der Waals surface area contributed by atoms with Crippen molar-refractivity contribution in [2.75, 3.05) is 0 Å². The maximum atomic E-state index is 12.9. The summed E-state index contributed by atoms with van der Waals surface area (Å²) in [5, 5.41) is 1.22. The van der Waals surface area contributed by atoms with Crippen LogP contribution in [-0.2, 0) is 5.75 Å². The lowest BCUT2D eigenvalue weighted by atomic mass is 10.2. The predicted molar refractivity (Wildman–Crippen MR) is 85.7 cm³/mol. The second kappa shape index (κ2) is 6.69. The van der Waals surface area contributed by atoms with Crippen LogP contribution < -0.4 is 0 Å². The summed E-state index contributed by atoms with van der Waals surface area (Å²) in [5.74, 6) is 0.906. The molecule has 0 saturated carbocycles. The summed E-state index contributed by atoms with van der Waals surface area (Å²) >= 11 is 13.1. The molecule has 3 nitrogen and oxygen atoms in total. The summed E-state index contributed by atoms with van der Waals surface area (Å²) in [5.41, 5.74) is 1.70. The molecule has 0 aliphatic rings. The number of hydrogen-bond donors (Lipinski definition) is 0. The maximum Gasteiger partial charge on any atom is 0.256 e. The Labute approximate surface area is 140 Å². The van der Waals surface area contributed by atoms with E-state index in [1.165, 1.54) is 23.9 Å². The summed E-state index contributed by atoms with van der Waals surface area (Å²) in [6.45, 7) is 0. The Kier molecular flexibility index (Phi) is 4.66. The van der Waals surface area contributed by atoms with Crippen LogP contribution in [0.3, 0.4) is 0 Å². The molecular formula is C15H9Cl2FN2OS. The summed E-state index contributed by atoms with van der Waals surface area (Å²) in [7, 11) is 0. The van der Waals surface area contributed by atoms with E-state index in [4.69, 9.17) is 27.6 Å². The molecule has 0 fully saturated rings. The zero-order chi connectivity index (χ0) is 15.5. The summed E-state index contributed by atoms with van der Waals surface area (Å²) in [4.78, 5) is 8.09. The van der Waals surface area contributed by atoms with Crippen LogP contribution in [0.4, 0.5) is 4.39 Å². The Morgan fingerprint density at radius 2 is 1.77 bits per heavy atom. The number of nitrogens with zero attached hydrogens (tertiary/aromatic N) is 2. The van der Waals surface area contributed by atoms with E-state index in [0.29, 0.717) is 27.0 Å². The van der Waals surface area contributed by atoms with Gasteiger partial charge in [0.15, 0.2) is 5.76 Å². The van der Waals surface area contributed by atoms with Gasteiger partial charge in [-0.2, -0.15) is 0 Å². The lowest BCUT2D eigenvalue weighted by Gasteiger charge is -2.00. The van der Waals surface area contributed by atoms with Crippen LogP contribution in [0, 0.1) is 5.82 Å². The zero-order valence-corrected chi connectivity index (χ0v) is 13.4. The van der Waals surface area contributed by atoms with Crippen LogP contribution in [0.5, 0.6) is 0 Å². The third-order valence-electron chi connectivity index (χ3n) is 2.80. The molecule has 112 valence electrons. The van der Waals surface area contributed by atoms with Crippen molar-refractivity contribution in [1.29, 1.82) is 0 Å². The van der Waals surface area contributed by atoms with Crippen LogP contribution in [0.25, 0.3) is 11.3 Å². The molecule has 0 N–H and O–H groups in total. The first-order valence-corrected chi connectivity index (χ1v) is 8.01. The van der Waals surface area contributed by atoms with Gasteiger partial charge in [-0.1, -0.05) is 35.0 Å². The van der Waals surface area contributed by atoms with Gasteiger partial charge in [-0.15, -0.1) is 0 Å². The smallest absolute Gasteiger partial charge is 0.256 e. The monoisotopic (exact) mass is 354 g/mol. The van der Waals surface area contributed by atoms with Crippen molar-refractivity contribution in [2.24, 2.45) is 0 Å². The lowest BCUT2D eigenvalue weighted by Crippen LogP contribution is -1.84. The second-order valence-electron chi connectivity index (χ2n) is 4.41. The van der Waals surface area contributed by atoms with E-state index < -0.39 is 0 Å². The molecule has 2 heterocycles. The highest BCUT2D eigenvalue weighted by atomic mass is 35.5. The number of thioether (sulfide) groups is 1. The first-order valence-electron chi connectivity index (χ1n) is 6.27. The van der Waals surface area contributed by atoms with Gasteiger partial charge in [-0.05, 0) is 42.0 Å². The van der Waals surface area contributed by atoms with Crippen molar-refractivity contribution in [1.82, 2.24) is 9.97 Å². The molecule has 0 radical (unpaired) electrons. The fourth-order valence-electron chi connectivity index (χ4n) is 1.82. The Morgan fingerprint density at radius 1 is 1.09 bits per heavy atom. The normalized spacial score (nSPS) is 10.9. The van der Waals surface area contributed by atoms with Gasteiger partial charge in [0.2, 0.25) is 0 Å². The first kappa shape index (κ1) is 15.3. The Hall–Kier alpha value is -1.56. The van der Waals surface area contributed by atoms with E-state index >= 15 is 0 Å². The van der Waals surface area contributed by atoms with E-state index in [1.807, 2.05) is 0 Å². The maximum absolute atomic E-state index is 12.9. The molecule has 3 aromatic rings. The number of rotatable bonds is 4. The molecule has 7 heteroatoms. The van der Waals surface area contributed by atoms with Gasteiger partial charge in [-0.3, -0.25) is 0 Å². The van der Waals surface area contributed by atoms with Crippen molar-refractivity contribution < 1.29 is 8.81 Å². The van der Waals surface area contributed by atoms with E-state index in [2.05, 4.69) is 9.97 Å². The van der Waals surface area contributed by atoms with Crippen LogP contribution in [0.1, 0.15) is 5.56 Å². The van der Waals surface area contributed by atoms with Gasteiger partial charge >= 0.3 is 0 Å². The van der Waals surface area contributed by atoms with Crippen molar-refractivity contribution in [3.63, 3.8) is 0 Å². The number of halogens is 3. The van der Waals surface area contributed by atoms with Crippen LogP contribution in [-0.4, -0.2) is 9.97 Å². The third kappa shape index (κ3) is 3.80. The average molecular weight is 355 g/mol. The molecule has 0 saturated heterocycles. The molecule has 0 unspecified atom stereocenters. The van der Waals surface area contributed by atoms with Crippen molar-refractivity contribution >= 4 is 35.0 Å². The van der Waals surface area contributed by atoms with Crippen molar-refractivity contribution in [2.45, 2.75) is 11.0 Å². The van der Waals surface area contributed by atoms with Gasteiger partial charge in [0.25, 0.3) is 5.22 Å². The number of benzene rings is 1. The molecule has 0 aliphatic carbocycles. The fraction of sp³-hybridized carbons (Fsp3) is 0.0667. The van der Waals surface area contributed by atoms with E-state index in [0.717, 1.165) is 11.1 Å². The minimum atomic E-state index is -0.288. The van der Waals surface area contributed by atoms with E-state index in [-0.39, 0.29) is 5.82 Å². The van der Waals surface area contributed by atoms with Gasteiger partial charge in [-0.25, -0.2) is 14.4 Å². The lowest BCUT2D eigenvalue weighted by molar-refractivity contribution is 0.466. The standard InChI is InChI=1S/C15H9Cl2FN2OS/c16-13-5-9(6-14(17)20-13)8-22-15-19-7-12(21-15)10-1-3-11(18)4-2-10/h1-7H,8H2. The highest BCUT2D eigenvalue weighted by Gasteiger charge is 2.08. The van der Waals surface area contributed by atoms with Gasteiger partial charge in [0.1, 0.15) is 16.1 Å². The number of pyridine rings is 1. The number of oxazole rings is 1. The predicted octanol–water partition coefficient (Wildman–Crippen LogP) is 5.47. The third-order valence-corrected chi connectivity index (χ3v) is 4.10. The Morgan fingerprint density at radius 3 is 2.45 bits per heavy atom. The van der Waals surface area contributed by atoms with Gasteiger partial charge in [0.05, 0.1) is 6.20 Å². The fourth-order valence-corrected chi connectivity index (χ4v) is 3.05. The Bertz CT molecular complexity index is 772. The largest absolute Gasteiger partial charge is 0.431 e. The molecule has 0 amide bonds. The molecule has 0 atom stereocenters. The molecule has 3 rings (SSSR count). The van der Waals surface area contributed by atoms with Crippen LogP contribution in [0.15, 0.2) is 52.2 Å². The molecule has 1 aromatic carbocycles. The van der Waals surface area contributed by atoms with Crippen LogP contribution in [0.2, 0.25) is 10.3 Å². The topological polar surface area (TPSA) is 38.9 Å². The molecule has 0 bridgehead atoms. The highest BCUT2D eigenvalue weighted by molar-refractivity contribution is 7.98. The highest BCUT2D eigenvalue weighted by Crippen LogP contribution is 2.28. The van der Waals surface area contributed by atoms with Crippen molar-refractivity contribution in [3.05, 3.63) is 64.3 Å². The minimum Gasteiger partial charge on any atom is -0.431 e. The molecule has 0 spiro atoms. The van der Waals surface area contributed by atoms with Gasteiger partial charge in [0, 0.05) is 11.3 Å². The summed E-state index contributed by atoms with van der Waals surface area (Å²) in [6, 6.07) is 9.53. The quantitative estimate of drug-likeness (QED) is 0.459.